The van der Waals surface area contributed by atoms with Crippen molar-refractivity contribution < 1.29 is 33.8 Å². The smallest absolute Gasteiger partial charge is 0.326 e. The number of carbonyl (C=O) groups is 5. The van der Waals surface area contributed by atoms with Gasteiger partial charge in [-0.25, -0.2) is 4.79 Å². The molecule has 0 fully saturated rings. The van der Waals surface area contributed by atoms with E-state index in [0.717, 1.165) is 5.56 Å². The van der Waals surface area contributed by atoms with Crippen LogP contribution in [-0.4, -0.2) is 101 Å². The zero-order chi connectivity index (χ0) is 33.9. The highest BCUT2D eigenvalue weighted by atomic mass is 16.5. The molecule has 0 aliphatic heterocycles. The fraction of sp³-hybridized carbons (Fsp3) is 0.676. The molecule has 1 N–H and O–H groups in total. The molecule has 10 nitrogen and oxygen atoms in total. The minimum absolute atomic E-state index is 0.0920. The minimum Gasteiger partial charge on any atom is -0.480 e. The quantitative estimate of drug-likeness (QED) is 0.278. The Morgan fingerprint density at radius 2 is 1.45 bits per heavy atom. The summed E-state index contributed by atoms with van der Waals surface area (Å²) in [4.78, 5) is 70.1. The Labute approximate surface area is 264 Å². The van der Waals surface area contributed by atoms with Gasteiger partial charge in [-0.3, -0.25) is 19.2 Å². The lowest BCUT2D eigenvalue weighted by Gasteiger charge is -2.35. The number of carboxylic acid groups (broad SMARTS) is 1. The van der Waals surface area contributed by atoms with Crippen molar-refractivity contribution in [2.45, 2.75) is 92.3 Å². The molecule has 0 bridgehead atoms. The predicted octanol–water partition coefficient (Wildman–Crippen LogP) is 4.15. The summed E-state index contributed by atoms with van der Waals surface area (Å²) in [6, 6.07) is 7.06. The highest BCUT2D eigenvalue weighted by molar-refractivity contribution is 5.94. The molecule has 3 amide bonds. The summed E-state index contributed by atoms with van der Waals surface area (Å²) in [7, 11) is 4.57. The van der Waals surface area contributed by atoms with Crippen LogP contribution in [0.5, 0.6) is 0 Å². The first-order valence-electron chi connectivity index (χ1n) is 15.5. The Morgan fingerprint density at radius 3 is 1.93 bits per heavy atom. The number of ether oxygens (including phenoxy) is 1. The Kier molecular flexibility index (Phi) is 15.2. The summed E-state index contributed by atoms with van der Waals surface area (Å²) in [6.07, 6.45) is 0.471. The van der Waals surface area contributed by atoms with Gasteiger partial charge < -0.3 is 24.5 Å². The summed E-state index contributed by atoms with van der Waals surface area (Å²) in [5, 5.41) is 10.0. The molecule has 0 aromatic heterocycles. The number of carbonyl (C=O) groups excluding carboxylic acids is 4. The van der Waals surface area contributed by atoms with E-state index < -0.39 is 35.5 Å². The molecule has 0 radical (unpaired) electrons. The van der Waals surface area contributed by atoms with Crippen molar-refractivity contribution >= 4 is 29.5 Å². The van der Waals surface area contributed by atoms with Gasteiger partial charge in [0.15, 0.2) is 5.78 Å². The maximum Gasteiger partial charge on any atom is 0.326 e. The number of rotatable bonds is 17. The Morgan fingerprint density at radius 1 is 0.886 bits per heavy atom. The van der Waals surface area contributed by atoms with E-state index in [0.29, 0.717) is 6.42 Å². The molecule has 1 rings (SSSR count). The molecule has 0 heterocycles. The lowest BCUT2D eigenvalue weighted by Crippen LogP contribution is -2.52. The van der Waals surface area contributed by atoms with Crippen LogP contribution < -0.4 is 0 Å². The lowest BCUT2D eigenvalue weighted by molar-refractivity contribution is -0.154. The SMILES string of the molecule is CC[C@H](C)[C@@H](C(=O)C[C@@H](COC(C)(C)C)C(=O)N(C)[C@@H](Cc1ccccc1)C(=O)O)N(C)C(=O)CN(C)C(=O)[C@@H](C)C(C)C. The van der Waals surface area contributed by atoms with Crippen LogP contribution in [0.1, 0.15) is 73.8 Å². The van der Waals surface area contributed by atoms with Crippen molar-refractivity contribution in [1.29, 1.82) is 0 Å². The van der Waals surface area contributed by atoms with Crippen molar-refractivity contribution in [1.82, 2.24) is 14.7 Å². The molecule has 0 saturated heterocycles. The van der Waals surface area contributed by atoms with Gasteiger partial charge in [0, 0.05) is 39.9 Å². The van der Waals surface area contributed by atoms with Crippen LogP contribution in [0.4, 0.5) is 0 Å². The molecule has 0 aliphatic rings. The van der Waals surface area contributed by atoms with E-state index in [4.69, 9.17) is 4.74 Å². The molecule has 10 heteroatoms. The van der Waals surface area contributed by atoms with E-state index in [9.17, 15) is 29.1 Å². The van der Waals surface area contributed by atoms with Gasteiger partial charge >= 0.3 is 5.97 Å². The normalized spacial score (nSPS) is 15.1. The Balaban J connectivity index is 3.28. The van der Waals surface area contributed by atoms with Crippen molar-refractivity contribution in [2.75, 3.05) is 34.3 Å². The average Bonchev–Trinajstić information content (AvgIpc) is 2.95. The third-order valence-electron chi connectivity index (χ3n) is 8.35. The first kappa shape index (κ1) is 38.8. The van der Waals surface area contributed by atoms with Gasteiger partial charge in [-0.15, -0.1) is 0 Å². The molecule has 0 aliphatic carbocycles. The standard InChI is InChI=1S/C34H55N3O7/c1-12-23(4)30(37(11)29(39)20-35(9)31(40)24(5)22(2)3)28(38)19-26(21-44-34(6,7)8)32(41)36(10)27(33(42)43)18-25-16-14-13-15-17-25/h13-17,22-24,26-27,30H,12,18-21H2,1-11H3,(H,42,43)/t23-,24-,26-,27-,30-/m0/s1. The molecule has 44 heavy (non-hydrogen) atoms. The van der Waals surface area contributed by atoms with Crippen LogP contribution in [0.2, 0.25) is 0 Å². The predicted molar refractivity (Wildman–Crippen MR) is 171 cm³/mol. The number of hydrogen-bond donors (Lipinski definition) is 1. The van der Waals surface area contributed by atoms with Crippen LogP contribution >= 0.6 is 0 Å². The fourth-order valence-corrected chi connectivity index (χ4v) is 4.92. The van der Waals surface area contributed by atoms with Gasteiger partial charge in [-0.05, 0) is 38.2 Å². The van der Waals surface area contributed by atoms with Gasteiger partial charge in [0.25, 0.3) is 0 Å². The number of hydrogen-bond acceptors (Lipinski definition) is 6. The van der Waals surface area contributed by atoms with Crippen molar-refractivity contribution in [3.63, 3.8) is 0 Å². The average molecular weight is 618 g/mol. The van der Waals surface area contributed by atoms with Crippen LogP contribution in [-0.2, 0) is 35.1 Å². The maximum atomic E-state index is 13.9. The number of likely N-dealkylation sites (N-methyl/N-ethyl adjacent to an activating group) is 3. The molecular weight excluding hydrogens is 562 g/mol. The summed E-state index contributed by atoms with van der Waals surface area (Å²) < 4.78 is 5.95. The zero-order valence-electron chi connectivity index (χ0n) is 28.6. The second-order valence-corrected chi connectivity index (χ2v) is 13.3. The van der Waals surface area contributed by atoms with Crippen LogP contribution in [0.15, 0.2) is 30.3 Å². The number of aliphatic carboxylic acids is 1. The molecule has 1 aromatic carbocycles. The zero-order valence-corrected chi connectivity index (χ0v) is 28.6. The summed E-state index contributed by atoms with van der Waals surface area (Å²) in [5.41, 5.74) is 0.157. The number of benzene rings is 1. The van der Waals surface area contributed by atoms with Crippen LogP contribution in [0.3, 0.4) is 0 Å². The van der Waals surface area contributed by atoms with E-state index in [-0.39, 0.29) is 61.3 Å². The summed E-state index contributed by atoms with van der Waals surface area (Å²) in [5.74, 6) is -3.85. The van der Waals surface area contributed by atoms with Gasteiger partial charge in [0.1, 0.15) is 6.04 Å². The largest absolute Gasteiger partial charge is 0.480 e. The first-order valence-corrected chi connectivity index (χ1v) is 15.5. The van der Waals surface area contributed by atoms with Gasteiger partial charge in [0.2, 0.25) is 17.7 Å². The van der Waals surface area contributed by atoms with E-state index in [1.165, 1.54) is 21.7 Å². The highest BCUT2D eigenvalue weighted by Gasteiger charge is 2.38. The number of ketones is 1. The molecule has 0 saturated carbocycles. The Hall–Kier alpha value is -3.27. The third-order valence-corrected chi connectivity index (χ3v) is 8.35. The second kappa shape index (κ2) is 17.3. The first-order chi connectivity index (χ1) is 20.3. The molecular formula is C34H55N3O7. The minimum atomic E-state index is -1.15. The maximum absolute atomic E-state index is 13.9. The van der Waals surface area contributed by atoms with Gasteiger partial charge in [0.05, 0.1) is 30.7 Å². The molecule has 0 unspecified atom stereocenters. The number of amides is 3. The summed E-state index contributed by atoms with van der Waals surface area (Å²) in [6.45, 7) is 14.7. The highest BCUT2D eigenvalue weighted by Crippen LogP contribution is 2.23. The topological polar surface area (TPSA) is 125 Å². The lowest BCUT2D eigenvalue weighted by atomic mass is 9.88. The van der Waals surface area contributed by atoms with Crippen LogP contribution in [0.25, 0.3) is 0 Å². The monoisotopic (exact) mass is 617 g/mol. The van der Waals surface area contributed by atoms with Gasteiger partial charge in [-0.1, -0.05) is 71.4 Å². The van der Waals surface area contributed by atoms with Crippen molar-refractivity contribution in [2.24, 2.45) is 23.7 Å². The molecule has 1 aromatic rings. The fourth-order valence-electron chi connectivity index (χ4n) is 4.92. The van der Waals surface area contributed by atoms with Crippen molar-refractivity contribution in [3.8, 4) is 0 Å². The number of carboxylic acids is 1. The molecule has 248 valence electrons. The summed E-state index contributed by atoms with van der Waals surface area (Å²) >= 11 is 0. The van der Waals surface area contributed by atoms with Crippen molar-refractivity contribution in [3.05, 3.63) is 35.9 Å². The molecule has 0 spiro atoms. The molecule has 5 atom stereocenters. The number of nitrogens with zero attached hydrogens (tertiary/aromatic N) is 3. The second-order valence-electron chi connectivity index (χ2n) is 13.3. The van der Waals surface area contributed by atoms with E-state index in [2.05, 4.69) is 0 Å². The van der Waals surface area contributed by atoms with E-state index in [1.807, 2.05) is 61.5 Å². The van der Waals surface area contributed by atoms with Gasteiger partial charge in [-0.2, -0.15) is 0 Å². The van der Waals surface area contributed by atoms with E-state index >= 15 is 0 Å². The third kappa shape index (κ3) is 11.7. The number of Topliss-reactive ketones (excluding diaryl/α,β-unsaturated/α-hetero) is 1. The van der Waals surface area contributed by atoms with E-state index in [1.54, 1.807) is 38.4 Å². The van der Waals surface area contributed by atoms with Crippen LogP contribution in [0, 0.1) is 23.7 Å². The Bertz CT molecular complexity index is 1120.